The van der Waals surface area contributed by atoms with Crippen molar-refractivity contribution in [3.8, 4) is 0 Å². The molecule has 0 unspecified atom stereocenters. The lowest BCUT2D eigenvalue weighted by molar-refractivity contribution is -0.198. The van der Waals surface area contributed by atoms with Gasteiger partial charge in [-0.15, -0.1) is 5.06 Å². The van der Waals surface area contributed by atoms with Gasteiger partial charge in [0.15, 0.2) is 0 Å². The second kappa shape index (κ2) is 20.6. The highest BCUT2D eigenvalue weighted by molar-refractivity contribution is 6.01. The molecule has 0 bridgehead atoms. The molecule has 38 heavy (non-hydrogen) atoms. The van der Waals surface area contributed by atoms with Gasteiger partial charge in [0.2, 0.25) is 0 Å². The summed E-state index contributed by atoms with van der Waals surface area (Å²) >= 11 is 0. The average molecular weight is 551 g/mol. The first-order chi connectivity index (χ1) is 18.2. The van der Waals surface area contributed by atoms with E-state index in [0.717, 1.165) is 0 Å². The van der Waals surface area contributed by atoms with Crippen molar-refractivity contribution in [2.75, 3.05) is 85.8 Å². The van der Waals surface area contributed by atoms with Gasteiger partial charge in [-0.2, -0.15) is 0 Å². The molecule has 1 aliphatic rings. The molecular formula is C24H42N2O12. The third-order valence-electron chi connectivity index (χ3n) is 4.42. The van der Waals surface area contributed by atoms with Gasteiger partial charge in [0.1, 0.15) is 5.60 Å². The van der Waals surface area contributed by atoms with Gasteiger partial charge in [-0.1, -0.05) is 0 Å². The van der Waals surface area contributed by atoms with Crippen LogP contribution in [0.15, 0.2) is 0 Å². The number of ether oxygens (including phenoxy) is 7. The molecule has 1 N–H and O–H groups in total. The summed E-state index contributed by atoms with van der Waals surface area (Å²) < 4.78 is 37.2. The van der Waals surface area contributed by atoms with E-state index in [1.807, 2.05) is 0 Å². The van der Waals surface area contributed by atoms with Crippen LogP contribution >= 0.6 is 0 Å². The molecular weight excluding hydrogens is 508 g/mol. The van der Waals surface area contributed by atoms with E-state index < -0.39 is 29.5 Å². The van der Waals surface area contributed by atoms with E-state index in [1.54, 1.807) is 20.8 Å². The second-order valence-electron chi connectivity index (χ2n) is 8.90. The van der Waals surface area contributed by atoms with Crippen LogP contribution in [0.4, 0.5) is 4.79 Å². The molecule has 0 aromatic carbocycles. The van der Waals surface area contributed by atoms with Crippen LogP contribution in [-0.4, -0.2) is 120 Å². The van der Waals surface area contributed by atoms with Crippen LogP contribution in [0.1, 0.15) is 40.0 Å². The van der Waals surface area contributed by atoms with Crippen LogP contribution in [0, 0.1) is 0 Å². The molecule has 0 aromatic rings. The van der Waals surface area contributed by atoms with Crippen molar-refractivity contribution in [2.24, 2.45) is 0 Å². The number of rotatable bonds is 22. The Balaban J connectivity index is 1.73. The third kappa shape index (κ3) is 18.8. The third-order valence-corrected chi connectivity index (χ3v) is 4.42. The van der Waals surface area contributed by atoms with Crippen molar-refractivity contribution in [2.45, 2.75) is 45.6 Å². The van der Waals surface area contributed by atoms with E-state index in [-0.39, 0.29) is 32.5 Å². The fraction of sp³-hybridized carbons (Fsp3) is 0.833. The van der Waals surface area contributed by atoms with Crippen LogP contribution in [0.25, 0.3) is 0 Å². The van der Waals surface area contributed by atoms with Gasteiger partial charge in [-0.25, -0.2) is 9.59 Å². The zero-order valence-electron chi connectivity index (χ0n) is 22.7. The number of carbonyl (C=O) groups excluding carboxylic acids is 4. The van der Waals surface area contributed by atoms with Gasteiger partial charge < -0.3 is 43.3 Å². The molecule has 0 atom stereocenters. The molecule has 0 spiro atoms. The number of carbonyl (C=O) groups is 4. The first-order valence-corrected chi connectivity index (χ1v) is 12.7. The van der Waals surface area contributed by atoms with E-state index in [1.165, 1.54) is 0 Å². The Bertz CT molecular complexity index is 682. The van der Waals surface area contributed by atoms with Crippen LogP contribution in [0.3, 0.4) is 0 Å². The Labute approximate surface area is 223 Å². The molecule has 1 saturated heterocycles. The smallest absolute Gasteiger partial charge is 0.407 e. The highest BCUT2D eigenvalue weighted by Gasteiger charge is 2.32. The predicted molar refractivity (Wildman–Crippen MR) is 131 cm³/mol. The van der Waals surface area contributed by atoms with Gasteiger partial charge in [-0.3, -0.25) is 9.59 Å². The van der Waals surface area contributed by atoms with Crippen LogP contribution in [0.5, 0.6) is 0 Å². The van der Waals surface area contributed by atoms with Crippen molar-refractivity contribution in [1.82, 2.24) is 10.4 Å². The van der Waals surface area contributed by atoms with Gasteiger partial charge in [0.05, 0.1) is 85.7 Å². The fourth-order valence-corrected chi connectivity index (χ4v) is 2.70. The van der Waals surface area contributed by atoms with Gasteiger partial charge in [-0.05, 0) is 20.8 Å². The fourth-order valence-electron chi connectivity index (χ4n) is 2.70. The summed E-state index contributed by atoms with van der Waals surface area (Å²) in [6.45, 7) is 10.2. The Morgan fingerprint density at radius 2 is 1.08 bits per heavy atom. The molecule has 0 radical (unpaired) electrons. The minimum Gasteiger partial charge on any atom is -0.444 e. The number of imide groups is 1. The van der Waals surface area contributed by atoms with Crippen molar-refractivity contribution in [3.05, 3.63) is 0 Å². The molecule has 1 fully saturated rings. The predicted octanol–water partition coefficient (Wildman–Crippen LogP) is 0.608. The number of alkyl carbamates (subject to hydrolysis) is 1. The molecule has 0 aliphatic carbocycles. The topological polar surface area (TPSA) is 157 Å². The monoisotopic (exact) mass is 550 g/mol. The lowest BCUT2D eigenvalue weighted by Crippen LogP contribution is -2.34. The maximum atomic E-state index is 11.6. The van der Waals surface area contributed by atoms with Crippen LogP contribution in [0.2, 0.25) is 0 Å². The second-order valence-corrected chi connectivity index (χ2v) is 8.90. The van der Waals surface area contributed by atoms with E-state index in [2.05, 4.69) is 5.32 Å². The van der Waals surface area contributed by atoms with Crippen LogP contribution in [-0.2, 0) is 52.4 Å². The van der Waals surface area contributed by atoms with Crippen LogP contribution < -0.4 is 5.32 Å². The first-order valence-electron chi connectivity index (χ1n) is 12.7. The summed E-state index contributed by atoms with van der Waals surface area (Å²) in [5, 5.41) is 3.12. The molecule has 3 amide bonds. The number of nitrogens with one attached hydrogen (secondary N) is 1. The summed E-state index contributed by atoms with van der Waals surface area (Å²) in [5.74, 6) is -1.73. The number of hydrogen-bond acceptors (Lipinski definition) is 12. The quantitative estimate of drug-likeness (QED) is 0.148. The Morgan fingerprint density at radius 3 is 1.50 bits per heavy atom. The van der Waals surface area contributed by atoms with E-state index in [4.69, 9.17) is 38.0 Å². The maximum absolute atomic E-state index is 11.6. The van der Waals surface area contributed by atoms with Crippen molar-refractivity contribution >= 4 is 23.9 Å². The molecule has 0 saturated carbocycles. The number of nitrogens with zero attached hydrogens (tertiary/aromatic N) is 1. The number of hydroxylamine groups is 2. The normalized spacial score (nSPS) is 13.7. The summed E-state index contributed by atoms with van der Waals surface area (Å²) in [6.07, 6.45) is -0.426. The SMILES string of the molecule is CC(C)(C)OC(=O)NCCOCCOCCOCCOCCOCCOCCC(=O)ON1C(=O)CCC1=O. The molecule has 220 valence electrons. The zero-order chi connectivity index (χ0) is 28.1. The van der Waals surface area contributed by atoms with Gasteiger partial charge in [0.25, 0.3) is 11.8 Å². The zero-order valence-corrected chi connectivity index (χ0v) is 22.7. The van der Waals surface area contributed by atoms with Crippen molar-refractivity contribution in [3.63, 3.8) is 0 Å². The van der Waals surface area contributed by atoms with E-state index in [0.29, 0.717) is 77.7 Å². The van der Waals surface area contributed by atoms with Gasteiger partial charge in [0, 0.05) is 19.4 Å². The first kappa shape index (κ1) is 33.7. The molecule has 14 nitrogen and oxygen atoms in total. The maximum Gasteiger partial charge on any atom is 0.407 e. The average Bonchev–Trinajstić information content (AvgIpc) is 3.16. The van der Waals surface area contributed by atoms with Gasteiger partial charge >= 0.3 is 12.1 Å². The standard InChI is InChI=1S/C24H42N2O12/c1-24(2,3)37-23(30)25-7-9-32-11-13-34-15-17-36-19-18-35-16-14-33-12-10-31-8-6-22(29)38-26-20(27)4-5-21(26)28/h4-19H2,1-3H3,(H,25,30). The number of hydrogen-bond donors (Lipinski definition) is 1. The largest absolute Gasteiger partial charge is 0.444 e. The highest BCUT2D eigenvalue weighted by atomic mass is 16.7. The molecule has 1 rings (SSSR count). The Hall–Kier alpha value is -2.36. The minimum atomic E-state index is -0.702. The molecule has 1 aliphatic heterocycles. The Kier molecular flexibility index (Phi) is 18.2. The molecule has 0 aromatic heterocycles. The summed E-state index contributed by atoms with van der Waals surface area (Å²) in [6, 6.07) is 0. The Morgan fingerprint density at radius 1 is 0.684 bits per heavy atom. The van der Waals surface area contributed by atoms with Crippen molar-refractivity contribution < 1.29 is 57.2 Å². The van der Waals surface area contributed by atoms with Crippen molar-refractivity contribution in [1.29, 1.82) is 0 Å². The lowest BCUT2D eigenvalue weighted by Gasteiger charge is -2.19. The summed E-state index contributed by atoms with van der Waals surface area (Å²) in [4.78, 5) is 50.5. The van der Waals surface area contributed by atoms with E-state index in [9.17, 15) is 19.2 Å². The lowest BCUT2D eigenvalue weighted by atomic mass is 10.2. The highest BCUT2D eigenvalue weighted by Crippen LogP contribution is 2.12. The summed E-state index contributed by atoms with van der Waals surface area (Å²) in [5.41, 5.74) is -0.523. The van der Waals surface area contributed by atoms with E-state index >= 15 is 0 Å². The minimum absolute atomic E-state index is 0.0586. The number of amides is 3. The summed E-state index contributed by atoms with van der Waals surface area (Å²) in [7, 11) is 0. The molecule has 14 heteroatoms. The molecule has 1 heterocycles.